The molecule has 0 aromatic heterocycles. The number of primary amides is 1. The summed E-state index contributed by atoms with van der Waals surface area (Å²) in [6, 6.07) is 4.62. The number of hydrogen-bond donors (Lipinski definition) is 2. The second-order valence-corrected chi connectivity index (χ2v) is 7.05. The van der Waals surface area contributed by atoms with Gasteiger partial charge in [0.1, 0.15) is 6.04 Å². The van der Waals surface area contributed by atoms with Crippen LogP contribution in [-0.4, -0.2) is 65.0 Å². The molecule has 3 amide bonds. The molecule has 0 saturated carbocycles. The first-order valence-corrected chi connectivity index (χ1v) is 9.29. The van der Waals surface area contributed by atoms with Crippen LogP contribution in [0.5, 0.6) is 0 Å². The fourth-order valence-corrected chi connectivity index (χ4v) is 3.69. The van der Waals surface area contributed by atoms with Gasteiger partial charge in [0.05, 0.1) is 7.11 Å². The summed E-state index contributed by atoms with van der Waals surface area (Å²) < 4.78 is 4.60. The van der Waals surface area contributed by atoms with Crippen molar-refractivity contribution in [3.05, 3.63) is 41.0 Å². The molecule has 2 aliphatic rings. The highest BCUT2D eigenvalue weighted by atomic mass is 16.5. The minimum absolute atomic E-state index is 0.0115. The number of nitrogens with zero attached hydrogens (tertiary/aromatic N) is 2. The number of benzene rings is 1. The number of amides is 3. The van der Waals surface area contributed by atoms with Gasteiger partial charge in [-0.25, -0.2) is 4.79 Å². The number of carboxylic acid groups (broad SMARTS) is 1. The lowest BCUT2D eigenvalue weighted by atomic mass is 9.96. The number of methoxy groups -OCH3 is 1. The van der Waals surface area contributed by atoms with Gasteiger partial charge in [0, 0.05) is 31.6 Å². The van der Waals surface area contributed by atoms with Gasteiger partial charge in [0.15, 0.2) is 0 Å². The number of esters is 1. The molecule has 0 aliphatic carbocycles. The van der Waals surface area contributed by atoms with Crippen molar-refractivity contribution in [3.63, 3.8) is 0 Å². The highest BCUT2D eigenvalue weighted by molar-refractivity contribution is 6.01. The van der Waals surface area contributed by atoms with E-state index in [4.69, 9.17) is 10.8 Å². The van der Waals surface area contributed by atoms with E-state index in [1.165, 1.54) is 16.9 Å². The van der Waals surface area contributed by atoms with Crippen LogP contribution < -0.4 is 5.73 Å². The summed E-state index contributed by atoms with van der Waals surface area (Å²) in [7, 11) is 1.26. The molecule has 2 aliphatic heterocycles. The third kappa shape index (κ3) is 4.23. The maximum absolute atomic E-state index is 12.9. The molecule has 9 heteroatoms. The number of carbonyl (C=O) groups excluding carboxylic acids is 3. The Morgan fingerprint density at radius 1 is 1.31 bits per heavy atom. The summed E-state index contributed by atoms with van der Waals surface area (Å²) in [6.45, 7) is 0.948. The van der Waals surface area contributed by atoms with E-state index in [0.29, 0.717) is 25.1 Å². The Hall–Kier alpha value is -3.36. The standard InChI is InChI=1S/C20H23N3O6/c1-29-17(24)5-4-16(18(21)25)23-11-14-3-2-13(10-15(14)19(23)26)12-6-8-22(9-7-12)20(27)28/h2-3,6,10,16H,4-5,7-9,11H2,1H3,(H2,21,25)(H,27,28)/t16-/m0/s1. The van der Waals surface area contributed by atoms with E-state index in [2.05, 4.69) is 4.74 Å². The highest BCUT2D eigenvalue weighted by Gasteiger charge is 2.36. The number of rotatable bonds is 6. The average Bonchev–Trinajstić information content (AvgIpc) is 3.03. The third-order valence-electron chi connectivity index (χ3n) is 5.35. The Balaban J connectivity index is 1.78. The van der Waals surface area contributed by atoms with Crippen LogP contribution in [0.25, 0.3) is 5.57 Å². The van der Waals surface area contributed by atoms with E-state index in [0.717, 1.165) is 16.7 Å². The number of nitrogens with two attached hydrogens (primary N) is 1. The molecule has 1 atom stereocenters. The van der Waals surface area contributed by atoms with Crippen LogP contribution in [0.1, 0.15) is 40.7 Å². The quantitative estimate of drug-likeness (QED) is 0.689. The number of carbonyl (C=O) groups is 4. The van der Waals surface area contributed by atoms with Gasteiger partial charge >= 0.3 is 12.1 Å². The largest absolute Gasteiger partial charge is 0.469 e. The normalized spacial score (nSPS) is 16.9. The van der Waals surface area contributed by atoms with E-state index in [-0.39, 0.29) is 25.3 Å². The third-order valence-corrected chi connectivity index (χ3v) is 5.35. The molecule has 0 fully saturated rings. The zero-order chi connectivity index (χ0) is 21.1. The Morgan fingerprint density at radius 2 is 2.07 bits per heavy atom. The van der Waals surface area contributed by atoms with Crippen molar-refractivity contribution in [2.24, 2.45) is 5.73 Å². The lowest BCUT2D eigenvalue weighted by Crippen LogP contribution is -2.45. The van der Waals surface area contributed by atoms with Gasteiger partial charge < -0.3 is 25.4 Å². The maximum Gasteiger partial charge on any atom is 0.407 e. The fraction of sp³-hybridized carbons (Fsp3) is 0.400. The van der Waals surface area contributed by atoms with Crippen LogP contribution >= 0.6 is 0 Å². The van der Waals surface area contributed by atoms with Crippen molar-refractivity contribution in [1.29, 1.82) is 0 Å². The molecule has 0 unspecified atom stereocenters. The second-order valence-electron chi connectivity index (χ2n) is 7.05. The molecule has 1 aromatic rings. The van der Waals surface area contributed by atoms with Gasteiger partial charge in [-0.2, -0.15) is 0 Å². The molecule has 1 aromatic carbocycles. The summed E-state index contributed by atoms with van der Waals surface area (Å²) in [5, 5.41) is 9.06. The predicted molar refractivity (Wildman–Crippen MR) is 103 cm³/mol. The summed E-state index contributed by atoms with van der Waals surface area (Å²) in [5.74, 6) is -1.44. The molecule has 0 spiro atoms. The lowest BCUT2D eigenvalue weighted by molar-refractivity contribution is -0.141. The molecule has 154 valence electrons. The van der Waals surface area contributed by atoms with E-state index in [1.807, 2.05) is 18.2 Å². The summed E-state index contributed by atoms with van der Waals surface area (Å²) in [6.07, 6.45) is 1.54. The van der Waals surface area contributed by atoms with Gasteiger partial charge in [0.25, 0.3) is 5.91 Å². The smallest absolute Gasteiger partial charge is 0.407 e. The fourth-order valence-electron chi connectivity index (χ4n) is 3.69. The van der Waals surface area contributed by atoms with Gasteiger partial charge in [-0.15, -0.1) is 0 Å². The van der Waals surface area contributed by atoms with E-state index < -0.39 is 24.0 Å². The predicted octanol–water partition coefficient (Wildman–Crippen LogP) is 1.22. The topological polar surface area (TPSA) is 130 Å². The van der Waals surface area contributed by atoms with Crippen molar-refractivity contribution in [1.82, 2.24) is 9.80 Å². The van der Waals surface area contributed by atoms with Crippen LogP contribution in [-0.2, 0) is 20.9 Å². The molecule has 0 bridgehead atoms. The average molecular weight is 401 g/mol. The summed E-state index contributed by atoms with van der Waals surface area (Å²) in [5.41, 5.74) is 8.59. The zero-order valence-electron chi connectivity index (χ0n) is 16.1. The van der Waals surface area contributed by atoms with Crippen molar-refractivity contribution in [2.75, 3.05) is 20.2 Å². The number of hydrogen-bond acceptors (Lipinski definition) is 5. The maximum atomic E-state index is 12.9. The molecular formula is C20H23N3O6. The first-order chi connectivity index (χ1) is 13.8. The van der Waals surface area contributed by atoms with Crippen molar-refractivity contribution < 1.29 is 29.0 Å². The molecule has 0 saturated heterocycles. The van der Waals surface area contributed by atoms with E-state index >= 15 is 0 Å². The van der Waals surface area contributed by atoms with Crippen LogP contribution in [0.15, 0.2) is 24.3 Å². The van der Waals surface area contributed by atoms with Crippen molar-refractivity contribution in [2.45, 2.75) is 31.8 Å². The van der Waals surface area contributed by atoms with E-state index in [9.17, 15) is 19.2 Å². The van der Waals surface area contributed by atoms with Gasteiger partial charge in [-0.1, -0.05) is 18.2 Å². The van der Waals surface area contributed by atoms with Crippen LogP contribution in [0.3, 0.4) is 0 Å². The van der Waals surface area contributed by atoms with Gasteiger partial charge in [0.2, 0.25) is 5.91 Å². The second kappa shape index (κ2) is 8.34. The number of ether oxygens (including phenoxy) is 1. The zero-order valence-corrected chi connectivity index (χ0v) is 16.1. The summed E-state index contributed by atoms with van der Waals surface area (Å²) in [4.78, 5) is 50.0. The molecule has 29 heavy (non-hydrogen) atoms. The molecule has 0 radical (unpaired) electrons. The van der Waals surface area contributed by atoms with Crippen LogP contribution in [0.2, 0.25) is 0 Å². The van der Waals surface area contributed by atoms with Crippen LogP contribution in [0, 0.1) is 0 Å². The monoisotopic (exact) mass is 401 g/mol. The molecule has 3 N–H and O–H groups in total. The SMILES string of the molecule is COC(=O)CC[C@@H](C(N)=O)N1Cc2ccc(C3=CCN(C(=O)O)CC3)cc2C1=O. The van der Waals surface area contributed by atoms with E-state index in [1.54, 1.807) is 6.07 Å². The van der Waals surface area contributed by atoms with Gasteiger partial charge in [-0.05, 0) is 35.6 Å². The Labute approximate surface area is 167 Å². The van der Waals surface area contributed by atoms with Crippen LogP contribution in [0.4, 0.5) is 4.79 Å². The molecule has 9 nitrogen and oxygen atoms in total. The molecular weight excluding hydrogens is 378 g/mol. The first kappa shape index (κ1) is 20.4. The van der Waals surface area contributed by atoms with Crippen molar-refractivity contribution >= 4 is 29.5 Å². The minimum atomic E-state index is -0.954. The lowest BCUT2D eigenvalue weighted by Gasteiger charge is -2.24. The molecule has 3 rings (SSSR count). The first-order valence-electron chi connectivity index (χ1n) is 9.29. The Morgan fingerprint density at radius 3 is 2.66 bits per heavy atom. The minimum Gasteiger partial charge on any atom is -0.469 e. The Bertz CT molecular complexity index is 894. The number of fused-ring (bicyclic) bond motifs is 1. The van der Waals surface area contributed by atoms with Gasteiger partial charge in [-0.3, -0.25) is 14.4 Å². The highest BCUT2D eigenvalue weighted by Crippen LogP contribution is 2.31. The summed E-state index contributed by atoms with van der Waals surface area (Å²) >= 11 is 0. The Kier molecular flexibility index (Phi) is 5.86. The van der Waals surface area contributed by atoms with Crippen molar-refractivity contribution in [3.8, 4) is 0 Å². The molecule has 2 heterocycles.